The van der Waals surface area contributed by atoms with Gasteiger partial charge in [0.2, 0.25) is 0 Å². The number of rotatable bonds is 17. The van der Waals surface area contributed by atoms with Crippen LogP contribution in [0.1, 0.15) is 136 Å². The van der Waals surface area contributed by atoms with Crippen molar-refractivity contribution in [1.29, 1.82) is 0 Å². The third-order valence-electron chi connectivity index (χ3n) is 9.87. The number of carbonyl (C=O) groups excluding carboxylic acids is 2. The number of carbonyl (C=O) groups is 2. The molecule has 6 nitrogen and oxygen atoms in total. The van der Waals surface area contributed by atoms with Crippen LogP contribution >= 0.6 is 0 Å². The van der Waals surface area contributed by atoms with Crippen molar-refractivity contribution >= 4 is 23.1 Å². The van der Waals surface area contributed by atoms with E-state index in [1.807, 2.05) is 30.2 Å². The number of ketones is 1. The van der Waals surface area contributed by atoms with Crippen LogP contribution in [0.2, 0.25) is 0 Å². The Kier molecular flexibility index (Phi) is 14.0. The minimum absolute atomic E-state index is 0.0244. The topological polar surface area (TPSA) is 65.9 Å². The number of amides is 1. The van der Waals surface area contributed by atoms with E-state index in [1.54, 1.807) is 0 Å². The molecule has 0 N–H and O–H groups in total. The fraction of sp³-hybridized carbons (Fsp3) is 0.571. The van der Waals surface area contributed by atoms with Gasteiger partial charge in [-0.05, 0) is 101 Å². The summed E-state index contributed by atoms with van der Waals surface area (Å²) in [5, 5.41) is 0. The van der Waals surface area contributed by atoms with Crippen LogP contribution in [0.25, 0.3) is 0 Å². The second kappa shape index (κ2) is 17.2. The van der Waals surface area contributed by atoms with E-state index in [4.69, 9.17) is 9.98 Å². The third kappa shape index (κ3) is 9.54. The molecule has 0 aliphatic carbocycles. The van der Waals surface area contributed by atoms with Crippen molar-refractivity contribution < 1.29 is 9.59 Å². The van der Waals surface area contributed by atoms with E-state index in [0.29, 0.717) is 25.1 Å². The third-order valence-corrected chi connectivity index (χ3v) is 9.87. The van der Waals surface area contributed by atoms with Gasteiger partial charge in [-0.2, -0.15) is 0 Å². The Morgan fingerprint density at radius 1 is 1.06 bits per heavy atom. The van der Waals surface area contributed by atoms with E-state index in [-0.39, 0.29) is 23.0 Å². The van der Waals surface area contributed by atoms with Crippen molar-refractivity contribution in [2.75, 3.05) is 18.0 Å². The Labute approximate surface area is 291 Å². The number of anilines is 1. The van der Waals surface area contributed by atoms with Gasteiger partial charge in [0.15, 0.2) is 0 Å². The van der Waals surface area contributed by atoms with Gasteiger partial charge in [-0.15, -0.1) is 0 Å². The molecule has 0 saturated heterocycles. The molecule has 3 rings (SSSR count). The molecule has 1 aliphatic rings. The standard InChI is InChI=1S/C42H62N4O2/c1-12-17-18-19-38(44-39-31(7)45(29-41(39,8)9)35-22-20-30(6)33(14-3)26-35)40(48)46(24-13-2)42(10,11)27-34(15-4)37-23-21-32(28-43-37)25-36(47)16-5/h18-23,26,28,34H,12-17,24-25,27,29H2,1-11H3/b19-18+,44-38?. The minimum Gasteiger partial charge on any atom is -0.343 e. The number of allylic oxidation sites excluding steroid dienone is 2. The van der Waals surface area contributed by atoms with E-state index >= 15 is 0 Å². The zero-order chi connectivity index (χ0) is 35.6. The molecule has 48 heavy (non-hydrogen) atoms. The maximum atomic E-state index is 14.7. The zero-order valence-corrected chi connectivity index (χ0v) is 31.9. The number of hydrogen-bond acceptors (Lipinski definition) is 5. The highest BCUT2D eigenvalue weighted by molar-refractivity contribution is 6.43. The summed E-state index contributed by atoms with van der Waals surface area (Å²) >= 11 is 0. The van der Waals surface area contributed by atoms with Gasteiger partial charge in [-0.1, -0.05) is 73.1 Å². The Balaban J connectivity index is 2.01. The lowest BCUT2D eigenvalue weighted by Crippen LogP contribution is -2.51. The highest BCUT2D eigenvalue weighted by Crippen LogP contribution is 2.42. The number of aromatic nitrogens is 1. The van der Waals surface area contributed by atoms with Crippen LogP contribution in [0.3, 0.4) is 0 Å². The molecular formula is C42H62N4O2. The van der Waals surface area contributed by atoms with Crippen LogP contribution in [0.15, 0.2) is 65.1 Å². The molecule has 1 aromatic carbocycles. The first-order valence-corrected chi connectivity index (χ1v) is 18.3. The van der Waals surface area contributed by atoms with E-state index in [9.17, 15) is 9.59 Å². The maximum absolute atomic E-state index is 14.7. The van der Waals surface area contributed by atoms with E-state index in [1.165, 1.54) is 16.8 Å². The highest BCUT2D eigenvalue weighted by atomic mass is 16.2. The number of benzene rings is 1. The number of hydrogen-bond donors (Lipinski definition) is 0. The Morgan fingerprint density at radius 3 is 2.38 bits per heavy atom. The molecule has 0 bridgehead atoms. The zero-order valence-electron chi connectivity index (χ0n) is 31.9. The fourth-order valence-corrected chi connectivity index (χ4v) is 6.92. The summed E-state index contributed by atoms with van der Waals surface area (Å²) in [6.45, 7) is 25.2. The first kappa shape index (κ1) is 38.9. The lowest BCUT2D eigenvalue weighted by atomic mass is 9.84. The summed E-state index contributed by atoms with van der Waals surface area (Å²) < 4.78 is 0. The predicted octanol–water partition coefficient (Wildman–Crippen LogP) is 9.95. The predicted molar refractivity (Wildman–Crippen MR) is 203 cm³/mol. The van der Waals surface area contributed by atoms with Gasteiger partial charge >= 0.3 is 0 Å². The molecule has 262 valence electrons. The molecular weight excluding hydrogens is 592 g/mol. The fourth-order valence-electron chi connectivity index (χ4n) is 6.92. The van der Waals surface area contributed by atoms with Crippen LogP contribution in [0, 0.1) is 12.3 Å². The monoisotopic (exact) mass is 654 g/mol. The molecule has 2 aromatic rings. The molecule has 1 atom stereocenters. The summed E-state index contributed by atoms with van der Waals surface area (Å²) in [6.07, 6.45) is 12.3. The largest absolute Gasteiger partial charge is 0.343 e. The van der Waals surface area contributed by atoms with Gasteiger partial charge in [0.25, 0.3) is 5.91 Å². The molecule has 1 aromatic heterocycles. The lowest BCUT2D eigenvalue weighted by Gasteiger charge is -2.41. The van der Waals surface area contributed by atoms with Gasteiger partial charge in [0.1, 0.15) is 11.5 Å². The van der Waals surface area contributed by atoms with E-state index in [0.717, 1.165) is 67.7 Å². The van der Waals surface area contributed by atoms with Crippen LogP contribution in [-0.2, 0) is 22.4 Å². The first-order chi connectivity index (χ1) is 22.7. The van der Waals surface area contributed by atoms with Crippen molar-refractivity contribution in [2.24, 2.45) is 10.4 Å². The van der Waals surface area contributed by atoms with Crippen molar-refractivity contribution in [2.45, 2.75) is 139 Å². The lowest BCUT2D eigenvalue weighted by molar-refractivity contribution is -0.129. The molecule has 6 heteroatoms. The van der Waals surface area contributed by atoms with Crippen LogP contribution < -0.4 is 4.90 Å². The van der Waals surface area contributed by atoms with Crippen molar-refractivity contribution in [1.82, 2.24) is 9.88 Å². The van der Waals surface area contributed by atoms with Gasteiger partial charge in [-0.25, -0.2) is 4.99 Å². The Hall–Kier alpha value is -3.54. The average Bonchev–Trinajstić information content (AvgIpc) is 3.29. The number of nitrogens with zero attached hydrogens (tertiary/aromatic N) is 4. The number of pyridine rings is 1. The second-order valence-electron chi connectivity index (χ2n) is 14.8. The average molecular weight is 655 g/mol. The van der Waals surface area contributed by atoms with Crippen LogP contribution in [0.4, 0.5) is 5.69 Å². The molecule has 0 radical (unpaired) electrons. The van der Waals surface area contributed by atoms with E-state index < -0.39 is 5.54 Å². The molecule has 1 amide bonds. The molecule has 0 saturated carbocycles. The smallest absolute Gasteiger partial charge is 0.272 e. The first-order valence-electron chi connectivity index (χ1n) is 18.3. The second-order valence-corrected chi connectivity index (χ2v) is 14.8. The number of aryl methyl sites for hydroxylation is 2. The normalized spacial score (nSPS) is 15.8. The Bertz CT molecular complexity index is 1500. The van der Waals surface area contributed by atoms with Gasteiger partial charge in [0.05, 0.1) is 5.70 Å². The minimum atomic E-state index is -0.440. The van der Waals surface area contributed by atoms with Gasteiger partial charge in [-0.3, -0.25) is 14.6 Å². The maximum Gasteiger partial charge on any atom is 0.272 e. The molecule has 0 fully saturated rings. The number of unbranched alkanes of at least 4 members (excludes halogenated alkanes) is 1. The SMILES string of the molecule is CCC/C=C/C(=NC1=C(C)N(c2ccc(C)c(CC)c2)CC1(C)C)C(=O)N(CCC)C(C)(C)CC(CC)c1ccc(CC(=O)CC)cn1. The number of aliphatic imine (C=N–C) groups is 1. The van der Waals surface area contributed by atoms with Crippen molar-refractivity contribution in [3.63, 3.8) is 0 Å². The van der Waals surface area contributed by atoms with E-state index in [2.05, 4.69) is 104 Å². The van der Waals surface area contributed by atoms with Gasteiger partial charge < -0.3 is 9.80 Å². The van der Waals surface area contributed by atoms with Crippen LogP contribution in [0.5, 0.6) is 0 Å². The van der Waals surface area contributed by atoms with Crippen LogP contribution in [-0.4, -0.2) is 45.9 Å². The summed E-state index contributed by atoms with van der Waals surface area (Å²) in [5.74, 6) is 0.370. The summed E-state index contributed by atoms with van der Waals surface area (Å²) in [6, 6.07) is 10.8. The van der Waals surface area contributed by atoms with Crippen molar-refractivity contribution in [3.05, 3.63) is 82.5 Å². The molecule has 0 spiro atoms. The summed E-state index contributed by atoms with van der Waals surface area (Å²) in [5.41, 5.74) is 7.71. The summed E-state index contributed by atoms with van der Waals surface area (Å²) in [7, 11) is 0. The summed E-state index contributed by atoms with van der Waals surface area (Å²) in [4.78, 5) is 41.1. The highest BCUT2D eigenvalue weighted by Gasteiger charge is 2.39. The molecule has 1 unspecified atom stereocenters. The van der Waals surface area contributed by atoms with Crippen molar-refractivity contribution in [3.8, 4) is 0 Å². The molecule has 1 aliphatic heterocycles. The molecule has 2 heterocycles. The number of Topliss-reactive ketones (excluding diaryl/α,β-unsaturated/α-hetero) is 1. The van der Waals surface area contributed by atoms with Gasteiger partial charge in [0, 0.05) is 66.1 Å². The Morgan fingerprint density at radius 2 is 1.79 bits per heavy atom. The quantitative estimate of drug-likeness (QED) is 0.159.